The summed E-state index contributed by atoms with van der Waals surface area (Å²) >= 11 is 3.37. The summed E-state index contributed by atoms with van der Waals surface area (Å²) in [5.41, 5.74) is 1.54. The molecule has 0 bridgehead atoms. The van der Waals surface area contributed by atoms with Crippen molar-refractivity contribution in [2.24, 2.45) is 0 Å². The quantitative estimate of drug-likeness (QED) is 0.149. The molecular weight excluding hydrogens is 851 g/mol. The molecule has 5 heterocycles. The van der Waals surface area contributed by atoms with Gasteiger partial charge in [-0.2, -0.15) is 0 Å². The predicted octanol–water partition coefficient (Wildman–Crippen LogP) is 9.85. The Bertz CT molecular complexity index is 2150. The summed E-state index contributed by atoms with van der Waals surface area (Å²) in [5, 5.41) is 0. The van der Waals surface area contributed by atoms with Crippen LogP contribution >= 0.6 is 15.9 Å². The first-order valence-corrected chi connectivity index (χ1v) is 20.5. The van der Waals surface area contributed by atoms with E-state index in [-0.39, 0.29) is 0 Å². The van der Waals surface area contributed by atoms with E-state index in [2.05, 4.69) is 35.9 Å². The van der Waals surface area contributed by atoms with E-state index in [9.17, 15) is 27.2 Å². The summed E-state index contributed by atoms with van der Waals surface area (Å²) in [6.45, 7) is 16.8. The van der Waals surface area contributed by atoms with Crippen LogP contribution < -0.4 is 5.46 Å². The smallest absolute Gasteiger partial charge is 0.444 e. The van der Waals surface area contributed by atoms with Crippen molar-refractivity contribution in [1.29, 1.82) is 0 Å². The van der Waals surface area contributed by atoms with E-state index in [4.69, 9.17) is 18.8 Å². The number of aromatic nitrogens is 4. The number of imidazole rings is 2. The summed E-state index contributed by atoms with van der Waals surface area (Å²) in [7, 11) is -0.473. The number of rotatable bonds is 5. The van der Waals surface area contributed by atoms with E-state index in [0.29, 0.717) is 23.0 Å². The first kappa shape index (κ1) is 45.1. The SMILES string of the molecule is CC(C)(C)OC(=O)N1CC(F)(F)C[C@H]1c1ncc(-c2ccc(B3OC(C)(C)C(C)(C)O3)cc2)[nH]1.CC(C)(C)OC(=O)N1CC(F)(F)C[C@H]1c1ncc(-c2ccc(Br)cc2)[nH]1. The van der Waals surface area contributed by atoms with Gasteiger partial charge in [-0.15, -0.1) is 0 Å². The van der Waals surface area contributed by atoms with Gasteiger partial charge in [0.2, 0.25) is 0 Å². The largest absolute Gasteiger partial charge is 0.494 e. The molecule has 0 unspecified atom stereocenters. The van der Waals surface area contributed by atoms with Gasteiger partial charge in [0, 0.05) is 17.3 Å². The van der Waals surface area contributed by atoms with Gasteiger partial charge >= 0.3 is 19.3 Å². The number of halogens is 5. The molecule has 2 N–H and O–H groups in total. The molecular formula is C42H52BBrF4N6O6. The Kier molecular flexibility index (Phi) is 12.1. The summed E-state index contributed by atoms with van der Waals surface area (Å²) in [6.07, 6.45) is 0.630. The molecule has 2 atom stereocenters. The summed E-state index contributed by atoms with van der Waals surface area (Å²) in [6, 6.07) is 13.4. The Balaban J connectivity index is 0.000000209. The maximum absolute atomic E-state index is 14.2. The Labute approximate surface area is 356 Å². The molecule has 3 aliphatic rings. The fraction of sp³-hybridized carbons (Fsp3) is 0.524. The van der Waals surface area contributed by atoms with Crippen molar-refractivity contribution in [2.45, 2.75) is 128 Å². The fourth-order valence-corrected chi connectivity index (χ4v) is 7.15. The van der Waals surface area contributed by atoms with Gasteiger partial charge in [0.05, 0.1) is 60.2 Å². The highest BCUT2D eigenvalue weighted by molar-refractivity contribution is 9.10. The zero-order valence-electron chi connectivity index (χ0n) is 35.5. The van der Waals surface area contributed by atoms with Gasteiger partial charge in [0.1, 0.15) is 22.9 Å². The molecule has 0 radical (unpaired) electrons. The van der Waals surface area contributed by atoms with Crippen LogP contribution in [0.4, 0.5) is 27.2 Å². The lowest BCUT2D eigenvalue weighted by atomic mass is 9.79. The molecule has 0 spiro atoms. The minimum atomic E-state index is -3.01. The minimum Gasteiger partial charge on any atom is -0.444 e. The number of carbonyl (C=O) groups excluding carboxylic acids is 2. The van der Waals surface area contributed by atoms with Gasteiger partial charge in [-0.25, -0.2) is 37.1 Å². The van der Waals surface area contributed by atoms with Crippen LogP contribution in [0, 0.1) is 0 Å². The zero-order valence-corrected chi connectivity index (χ0v) is 37.0. The predicted molar refractivity (Wildman–Crippen MR) is 222 cm³/mol. The van der Waals surface area contributed by atoms with Gasteiger partial charge in [0.15, 0.2) is 0 Å². The van der Waals surface area contributed by atoms with Gasteiger partial charge in [-0.1, -0.05) is 52.3 Å². The molecule has 4 aromatic rings. The topological polar surface area (TPSA) is 135 Å². The molecule has 3 fully saturated rings. The van der Waals surface area contributed by atoms with Crippen LogP contribution in [0.25, 0.3) is 22.5 Å². The molecule has 3 aliphatic heterocycles. The molecule has 3 saturated heterocycles. The van der Waals surface area contributed by atoms with E-state index in [1.165, 1.54) is 0 Å². The van der Waals surface area contributed by atoms with Crippen LogP contribution in [-0.4, -0.2) is 96.4 Å². The second-order valence-corrected chi connectivity index (χ2v) is 19.4. The van der Waals surface area contributed by atoms with Gasteiger partial charge in [0.25, 0.3) is 11.8 Å². The maximum atomic E-state index is 14.2. The van der Waals surface area contributed by atoms with Crippen LogP contribution in [-0.2, 0) is 18.8 Å². The second-order valence-electron chi connectivity index (χ2n) is 18.4. The van der Waals surface area contributed by atoms with Crippen molar-refractivity contribution >= 4 is 40.7 Å². The standard InChI is InChI=1S/C24H32BF2N3O4.C18H20BrF2N3O2/c1-21(2,3)32-20(31)30-14-24(26,27)12-18(30)19-28-13-17(29-19)15-8-10-16(11-9-15)25-33-22(4,5)23(6,7)34-25;1-17(2,3)26-16(25)24-10-18(20,21)8-14(24)15-22-9-13(23-15)11-4-6-12(19)7-5-11/h8-11,13,18H,12,14H2,1-7H3,(H,28,29);4-7,9,14H,8,10H2,1-3H3,(H,22,23)/t18-;14-/m00/s1. The van der Waals surface area contributed by atoms with Crippen LogP contribution in [0.15, 0.2) is 65.4 Å². The molecule has 2 aromatic heterocycles. The van der Waals surface area contributed by atoms with E-state index in [1.807, 2.05) is 76.2 Å². The van der Waals surface area contributed by atoms with Crippen molar-refractivity contribution in [3.8, 4) is 22.5 Å². The molecule has 60 heavy (non-hydrogen) atoms. The highest BCUT2D eigenvalue weighted by Gasteiger charge is 2.53. The summed E-state index contributed by atoms with van der Waals surface area (Å²) < 4.78 is 80.2. The number of nitrogens with one attached hydrogen (secondary N) is 2. The number of H-pyrrole nitrogens is 2. The van der Waals surface area contributed by atoms with Gasteiger partial charge < -0.3 is 28.8 Å². The number of likely N-dealkylation sites (tertiary alicyclic amines) is 2. The molecule has 324 valence electrons. The first-order chi connectivity index (χ1) is 27.6. The normalized spacial score (nSPS) is 21.8. The second kappa shape index (κ2) is 16.1. The lowest BCUT2D eigenvalue weighted by molar-refractivity contribution is -0.00248. The van der Waals surface area contributed by atoms with E-state index in [1.54, 1.807) is 53.9 Å². The number of aromatic amines is 2. The number of alkyl halides is 4. The van der Waals surface area contributed by atoms with Crippen LogP contribution in [0.1, 0.15) is 106 Å². The third kappa shape index (κ3) is 10.5. The summed E-state index contributed by atoms with van der Waals surface area (Å²) in [4.78, 5) is 41.8. The van der Waals surface area contributed by atoms with Crippen molar-refractivity contribution in [3.05, 3.63) is 77.0 Å². The Morgan fingerprint density at radius 1 is 0.700 bits per heavy atom. The Morgan fingerprint density at radius 2 is 1.07 bits per heavy atom. The average molecular weight is 904 g/mol. The number of ether oxygens (including phenoxy) is 2. The molecule has 2 amide bonds. The van der Waals surface area contributed by atoms with Gasteiger partial charge in [-0.3, -0.25) is 9.80 Å². The Morgan fingerprint density at radius 3 is 1.43 bits per heavy atom. The van der Waals surface area contributed by atoms with Crippen LogP contribution in [0.3, 0.4) is 0 Å². The molecule has 2 aromatic carbocycles. The number of amides is 2. The van der Waals surface area contributed by atoms with Crippen molar-refractivity contribution in [3.63, 3.8) is 0 Å². The summed E-state index contributed by atoms with van der Waals surface area (Å²) in [5.74, 6) is -5.37. The maximum Gasteiger partial charge on any atom is 0.494 e. The number of hydrogen-bond donors (Lipinski definition) is 2. The van der Waals surface area contributed by atoms with Crippen molar-refractivity contribution < 1.29 is 45.9 Å². The van der Waals surface area contributed by atoms with Crippen molar-refractivity contribution in [2.75, 3.05) is 13.1 Å². The number of nitrogens with zero attached hydrogens (tertiary/aromatic N) is 4. The average Bonchev–Trinajstić information content (AvgIpc) is 3.94. The highest BCUT2D eigenvalue weighted by atomic mass is 79.9. The number of carbonyl (C=O) groups is 2. The molecule has 0 aliphatic carbocycles. The number of hydrogen-bond acceptors (Lipinski definition) is 8. The minimum absolute atomic E-state index is 0.299. The third-order valence-corrected chi connectivity index (χ3v) is 11.0. The molecule has 18 heteroatoms. The van der Waals surface area contributed by atoms with E-state index < -0.39 is 91.6 Å². The third-order valence-electron chi connectivity index (χ3n) is 10.5. The lowest BCUT2D eigenvalue weighted by Gasteiger charge is -2.32. The monoisotopic (exact) mass is 902 g/mol. The van der Waals surface area contributed by atoms with E-state index >= 15 is 0 Å². The van der Waals surface area contributed by atoms with Crippen LogP contribution in [0.5, 0.6) is 0 Å². The van der Waals surface area contributed by atoms with Crippen LogP contribution in [0.2, 0.25) is 0 Å². The van der Waals surface area contributed by atoms with E-state index in [0.717, 1.165) is 30.9 Å². The zero-order chi connectivity index (χ0) is 44.2. The first-order valence-electron chi connectivity index (χ1n) is 19.7. The Hall–Kier alpha value is -4.42. The van der Waals surface area contributed by atoms with Crippen molar-refractivity contribution in [1.82, 2.24) is 29.7 Å². The fourth-order valence-electron chi connectivity index (χ4n) is 6.88. The highest BCUT2D eigenvalue weighted by Crippen LogP contribution is 2.43. The van der Waals surface area contributed by atoms with Gasteiger partial charge in [-0.05, 0) is 98.0 Å². The molecule has 7 rings (SSSR count). The lowest BCUT2D eigenvalue weighted by Crippen LogP contribution is -2.41. The molecule has 12 nitrogen and oxygen atoms in total. The number of benzene rings is 2. The molecule has 0 saturated carbocycles.